The molecule has 0 aliphatic heterocycles. The van der Waals surface area contributed by atoms with Gasteiger partial charge in [-0.1, -0.05) is 22.3 Å². The molecule has 0 aromatic heterocycles. The number of ether oxygens (including phenoxy) is 2. The van der Waals surface area contributed by atoms with E-state index >= 15 is 0 Å². The molecule has 0 spiro atoms. The first-order valence-electron chi connectivity index (χ1n) is 9.22. The van der Waals surface area contributed by atoms with Gasteiger partial charge in [0.05, 0.1) is 19.7 Å². The molecule has 0 saturated carbocycles. The number of amides is 2. The summed E-state index contributed by atoms with van der Waals surface area (Å²) in [6.07, 6.45) is 1.17. The van der Waals surface area contributed by atoms with E-state index in [0.717, 1.165) is 13.8 Å². The van der Waals surface area contributed by atoms with Gasteiger partial charge in [-0.2, -0.15) is 0 Å². The highest BCUT2D eigenvalue weighted by atomic mass is 16.5. The van der Waals surface area contributed by atoms with Crippen molar-refractivity contribution in [3.8, 4) is 0 Å². The average molecular weight is 537 g/mol. The van der Waals surface area contributed by atoms with Crippen LogP contribution in [-0.4, -0.2) is 110 Å². The molecule has 0 bridgehead atoms. The third-order valence-electron chi connectivity index (χ3n) is 1.86. The lowest BCUT2D eigenvalue weighted by Gasteiger charge is -2.14. The molecule has 0 aliphatic carbocycles. The first kappa shape index (κ1) is 58.5. The van der Waals surface area contributed by atoms with Crippen LogP contribution in [-0.2, 0) is 38.2 Å². The summed E-state index contributed by atoms with van der Waals surface area (Å²) in [6, 6.07) is 0. The number of carbonyl (C=O) groups excluding carboxylic acids is 4. The summed E-state index contributed by atoms with van der Waals surface area (Å²) in [5, 5.41) is 25.6. The van der Waals surface area contributed by atoms with Gasteiger partial charge in [-0.15, -0.1) is 0 Å². The average Bonchev–Trinajstić information content (AvgIpc) is 2.73. The fourth-order valence-corrected chi connectivity index (χ4v) is 0.965. The minimum Gasteiger partial charge on any atom is -0.481 e. The molecule has 222 valence electrons. The van der Waals surface area contributed by atoms with E-state index in [2.05, 4.69) is 26.3 Å². The van der Waals surface area contributed by atoms with E-state index in [1.165, 1.54) is 32.8 Å². The van der Waals surface area contributed by atoms with Crippen LogP contribution >= 0.6 is 0 Å². The van der Waals surface area contributed by atoms with Crippen molar-refractivity contribution in [3.63, 3.8) is 0 Å². The van der Waals surface area contributed by atoms with Crippen LogP contribution in [0.2, 0.25) is 0 Å². The number of nitrogens with zero attached hydrogens (tertiary/aromatic N) is 1. The van der Waals surface area contributed by atoms with Gasteiger partial charge in [0.1, 0.15) is 13.2 Å². The Morgan fingerprint density at radius 3 is 1.36 bits per heavy atom. The van der Waals surface area contributed by atoms with Crippen LogP contribution in [0.5, 0.6) is 0 Å². The van der Waals surface area contributed by atoms with E-state index in [9.17, 15) is 19.2 Å². The minimum absolute atomic E-state index is 0. The number of hydrogen-bond donors (Lipinski definition) is 6. The van der Waals surface area contributed by atoms with E-state index in [0.29, 0.717) is 25.9 Å². The second-order valence-electron chi connectivity index (χ2n) is 4.66. The van der Waals surface area contributed by atoms with Crippen molar-refractivity contribution in [2.24, 2.45) is 11.5 Å². The van der Waals surface area contributed by atoms with Crippen molar-refractivity contribution in [2.75, 3.05) is 53.6 Å². The summed E-state index contributed by atoms with van der Waals surface area (Å²) in [5.41, 5.74) is 9.00. The van der Waals surface area contributed by atoms with E-state index < -0.39 is 11.9 Å². The fourth-order valence-electron chi connectivity index (χ4n) is 0.965. The minimum atomic E-state index is -0.833. The third-order valence-corrected chi connectivity index (χ3v) is 1.86. The van der Waals surface area contributed by atoms with Crippen LogP contribution in [0.15, 0.2) is 0 Å². The molecule has 15 nitrogen and oxygen atoms in total. The Balaban J connectivity index is -0.0000000386. The van der Waals surface area contributed by atoms with E-state index in [1.54, 1.807) is 0 Å². The van der Waals surface area contributed by atoms with Crippen LogP contribution in [0, 0.1) is 0 Å². The molecule has 0 heterocycles. The molecule has 15 heteroatoms. The fraction of sp³-hybridized carbons (Fsp3) is 0.714. The molecule has 0 aromatic rings. The molecule has 0 radical (unpaired) electrons. The number of nitrogens with two attached hydrogens (primary N) is 2. The van der Waals surface area contributed by atoms with Gasteiger partial charge in [0.25, 0.3) is 11.9 Å². The van der Waals surface area contributed by atoms with Crippen LogP contribution in [0.3, 0.4) is 0 Å². The van der Waals surface area contributed by atoms with Gasteiger partial charge in [-0.05, 0) is 14.1 Å². The zero-order chi connectivity index (χ0) is 27.7. The van der Waals surface area contributed by atoms with Gasteiger partial charge >= 0.3 is 11.9 Å². The maximum Gasteiger partial charge on any atom is 0.302 e. The number of carbonyl (C=O) groups is 6. The lowest BCUT2D eigenvalue weighted by atomic mass is 10.5. The Morgan fingerprint density at radius 2 is 1.11 bits per heavy atom. The SMILES string of the molecule is C.C.C.CC(=O)O.CC(=O)O.CC(=O)OCCN(C=O)CCO.CC(=O)OCCNC=O.CN.CN. The lowest BCUT2D eigenvalue weighted by molar-refractivity contribution is -0.142. The molecule has 0 aliphatic rings. The number of hydrogen-bond acceptors (Lipinski definition) is 11. The van der Waals surface area contributed by atoms with Gasteiger partial charge in [0.2, 0.25) is 12.8 Å². The Morgan fingerprint density at radius 1 is 0.778 bits per heavy atom. The van der Waals surface area contributed by atoms with Gasteiger partial charge in [0, 0.05) is 34.2 Å². The van der Waals surface area contributed by atoms with Crippen LogP contribution in [0.4, 0.5) is 0 Å². The van der Waals surface area contributed by atoms with Crippen molar-refractivity contribution >= 4 is 36.7 Å². The molecule has 8 N–H and O–H groups in total. The maximum atomic E-state index is 10.3. The Kier molecular flexibility index (Phi) is 94.2. The molecular formula is C21H52N4O11. The second-order valence-corrected chi connectivity index (χ2v) is 4.66. The predicted molar refractivity (Wildman–Crippen MR) is 139 cm³/mol. The molecule has 0 aromatic carbocycles. The summed E-state index contributed by atoms with van der Waals surface area (Å²) < 4.78 is 9.08. The summed E-state index contributed by atoms with van der Waals surface area (Å²) >= 11 is 0. The number of aliphatic carboxylic acids is 2. The largest absolute Gasteiger partial charge is 0.481 e. The lowest BCUT2D eigenvalue weighted by Crippen LogP contribution is -2.29. The molecule has 0 unspecified atom stereocenters. The Labute approximate surface area is 216 Å². The highest BCUT2D eigenvalue weighted by Crippen LogP contribution is 1.83. The van der Waals surface area contributed by atoms with E-state index in [1.807, 2.05) is 0 Å². The number of esters is 2. The van der Waals surface area contributed by atoms with Crippen LogP contribution in [0.1, 0.15) is 50.0 Å². The molecule has 0 rings (SSSR count). The van der Waals surface area contributed by atoms with Crippen LogP contribution in [0.25, 0.3) is 0 Å². The molecule has 2 amide bonds. The van der Waals surface area contributed by atoms with Crippen molar-refractivity contribution in [1.82, 2.24) is 10.2 Å². The van der Waals surface area contributed by atoms with Gasteiger partial charge in [-0.3, -0.25) is 28.8 Å². The molecular weight excluding hydrogens is 484 g/mol. The van der Waals surface area contributed by atoms with Crippen molar-refractivity contribution < 1.29 is 53.6 Å². The zero-order valence-electron chi connectivity index (χ0n) is 20.1. The highest BCUT2D eigenvalue weighted by molar-refractivity contribution is 5.66. The number of aliphatic hydroxyl groups excluding tert-OH is 1. The predicted octanol–water partition coefficient (Wildman–Crippen LogP) is -0.464. The highest BCUT2D eigenvalue weighted by Gasteiger charge is 2.00. The quantitative estimate of drug-likeness (QED) is 0.117. The topological polar surface area (TPSA) is 249 Å². The third kappa shape index (κ3) is 144. The second kappa shape index (κ2) is 58.0. The summed E-state index contributed by atoms with van der Waals surface area (Å²) in [7, 11) is 3.00. The van der Waals surface area contributed by atoms with Crippen molar-refractivity contribution in [2.45, 2.75) is 50.0 Å². The molecule has 0 atom stereocenters. The summed E-state index contributed by atoms with van der Waals surface area (Å²) in [6.45, 7) is 6.09. The number of rotatable bonds is 10. The first-order valence-corrected chi connectivity index (χ1v) is 9.22. The smallest absolute Gasteiger partial charge is 0.302 e. The number of carboxylic acid groups (broad SMARTS) is 2. The van der Waals surface area contributed by atoms with Crippen molar-refractivity contribution in [3.05, 3.63) is 0 Å². The van der Waals surface area contributed by atoms with Crippen molar-refractivity contribution in [1.29, 1.82) is 0 Å². The Hall–Kier alpha value is -3.30. The monoisotopic (exact) mass is 536 g/mol. The number of nitrogens with one attached hydrogen (secondary N) is 1. The molecule has 0 saturated heterocycles. The molecule has 0 fully saturated rings. The molecule has 36 heavy (non-hydrogen) atoms. The van der Waals surface area contributed by atoms with Gasteiger partial charge in [0.15, 0.2) is 0 Å². The number of carboxylic acids is 2. The van der Waals surface area contributed by atoms with E-state index in [-0.39, 0.29) is 60.6 Å². The normalized spacial score (nSPS) is 6.81. The zero-order valence-corrected chi connectivity index (χ0v) is 20.1. The van der Waals surface area contributed by atoms with E-state index in [4.69, 9.17) is 24.9 Å². The maximum absolute atomic E-state index is 10.3. The summed E-state index contributed by atoms with van der Waals surface area (Å²) in [4.78, 5) is 59.5. The number of aliphatic hydroxyl groups is 1. The van der Waals surface area contributed by atoms with Gasteiger partial charge in [-0.25, -0.2) is 0 Å². The first-order chi connectivity index (χ1) is 15.4. The van der Waals surface area contributed by atoms with Crippen LogP contribution < -0.4 is 16.8 Å². The summed E-state index contributed by atoms with van der Waals surface area (Å²) in [5.74, 6) is -2.37. The standard InChI is InChI=1S/C7H13NO4.C5H9NO3.2C2H4O2.2CH5N.3CH4/c1-7(11)12-5-3-8(6-10)2-4-9;1-5(8)9-3-2-6-4-7;2*1-2(3)4;2*1-2;;;/h6,9H,2-5H2,1H3;4H,2-3H2,1H3,(H,6,7);2*1H3,(H,3,4);2*2H2,1H3;3*1H4. The Bertz CT molecular complexity index is 461. The van der Waals surface area contributed by atoms with Gasteiger partial charge < -0.3 is 46.5 Å².